The van der Waals surface area contributed by atoms with Gasteiger partial charge in [-0.15, -0.1) is 0 Å². The highest BCUT2D eigenvalue weighted by Crippen LogP contribution is 2.45. The lowest BCUT2D eigenvalue weighted by Crippen LogP contribution is -2.07. The molecule has 0 atom stereocenters. The molecule has 0 N–H and O–H groups in total. The first-order valence-electron chi connectivity index (χ1n) is 13.0. The summed E-state index contributed by atoms with van der Waals surface area (Å²) in [5.74, 6) is -2.44. The maximum Gasteiger partial charge on any atom is 0.417 e. The standard InChI is InChI=1S/C30H23F6N3O/c31-18-9-10-20(23(13-18)30(34,35)36)25-14-19(40-38-25)15-39-12-11-21-26(16-39)37-29(22-7-4-8-24(32)28(22)33)27(21)17-5-2-1-3-6-17/h4,7-14,16-17H,1-3,5-6,15H2. The first kappa shape index (κ1) is 26.2. The highest BCUT2D eigenvalue weighted by Gasteiger charge is 2.35. The van der Waals surface area contributed by atoms with Crippen molar-refractivity contribution in [2.24, 2.45) is 0 Å². The number of halogens is 6. The fourth-order valence-corrected chi connectivity index (χ4v) is 5.61. The van der Waals surface area contributed by atoms with E-state index in [1.54, 1.807) is 17.0 Å². The van der Waals surface area contributed by atoms with Gasteiger partial charge in [-0.3, -0.25) is 0 Å². The Kier molecular flexibility index (Phi) is 6.64. The van der Waals surface area contributed by atoms with Crippen LogP contribution in [0.25, 0.3) is 33.8 Å². The number of hydrogen-bond donors (Lipinski definition) is 0. The Balaban J connectivity index is 1.36. The van der Waals surface area contributed by atoms with Gasteiger partial charge in [0.05, 0.1) is 23.5 Å². The summed E-state index contributed by atoms with van der Waals surface area (Å²) in [4.78, 5) is 4.73. The highest BCUT2D eigenvalue weighted by molar-refractivity contribution is 5.80. The second-order valence-corrected chi connectivity index (χ2v) is 10.1. The maximum atomic E-state index is 14.9. The van der Waals surface area contributed by atoms with E-state index >= 15 is 0 Å². The van der Waals surface area contributed by atoms with Crippen LogP contribution in [-0.2, 0) is 12.7 Å². The van der Waals surface area contributed by atoms with E-state index < -0.39 is 29.2 Å². The lowest BCUT2D eigenvalue weighted by molar-refractivity contribution is -0.137. The summed E-state index contributed by atoms with van der Waals surface area (Å²) in [6.07, 6.45) is 3.85. The molecular weight excluding hydrogens is 532 g/mol. The average Bonchev–Trinajstić information content (AvgIpc) is 3.54. The quantitative estimate of drug-likeness (QED) is 0.204. The Labute approximate surface area is 225 Å². The van der Waals surface area contributed by atoms with E-state index in [4.69, 9.17) is 9.51 Å². The predicted octanol–water partition coefficient (Wildman–Crippen LogP) is 8.84. The van der Waals surface area contributed by atoms with Crippen molar-refractivity contribution < 1.29 is 30.9 Å². The summed E-state index contributed by atoms with van der Waals surface area (Å²) < 4.78 is 90.0. The summed E-state index contributed by atoms with van der Waals surface area (Å²) in [6, 6.07) is 9.69. The Morgan fingerprint density at radius 1 is 0.875 bits per heavy atom. The fraction of sp³-hybridized carbons (Fsp3) is 0.267. The Morgan fingerprint density at radius 3 is 2.45 bits per heavy atom. The van der Waals surface area contributed by atoms with Crippen molar-refractivity contribution in [3.05, 3.63) is 95.3 Å². The molecule has 3 aliphatic rings. The van der Waals surface area contributed by atoms with E-state index in [9.17, 15) is 26.3 Å². The van der Waals surface area contributed by atoms with Crippen LogP contribution in [0.3, 0.4) is 0 Å². The Hall–Kier alpha value is -4.08. The summed E-state index contributed by atoms with van der Waals surface area (Å²) in [5.41, 5.74) is 1.37. The second kappa shape index (κ2) is 10.1. The van der Waals surface area contributed by atoms with Gasteiger partial charge in [-0.05, 0) is 60.7 Å². The van der Waals surface area contributed by atoms with Crippen molar-refractivity contribution >= 4 is 0 Å². The molecule has 0 bridgehead atoms. The SMILES string of the molecule is Fc1ccc(-c2cc(Cn3ccc4c(C5CCCCC5)c(-c5cccc(F)c5F)nc-4c3)on2)c(C(F)(F)F)c1. The topological polar surface area (TPSA) is 43.9 Å². The van der Waals surface area contributed by atoms with E-state index in [-0.39, 0.29) is 35.0 Å². The van der Waals surface area contributed by atoms with Gasteiger partial charge in [0.25, 0.3) is 0 Å². The van der Waals surface area contributed by atoms with Crippen molar-refractivity contribution in [3.8, 4) is 33.8 Å². The number of pyridine rings is 1. The highest BCUT2D eigenvalue weighted by atomic mass is 19.4. The van der Waals surface area contributed by atoms with Crippen LogP contribution in [0.2, 0.25) is 0 Å². The van der Waals surface area contributed by atoms with Gasteiger partial charge >= 0.3 is 6.18 Å². The molecule has 2 aliphatic heterocycles. The monoisotopic (exact) mass is 555 g/mol. The van der Waals surface area contributed by atoms with Gasteiger partial charge in [0, 0.05) is 35.2 Å². The van der Waals surface area contributed by atoms with E-state index in [0.717, 1.165) is 61.4 Å². The van der Waals surface area contributed by atoms with Crippen LogP contribution in [-0.4, -0.2) is 14.7 Å². The van der Waals surface area contributed by atoms with E-state index in [1.807, 2.05) is 6.07 Å². The molecule has 0 spiro atoms. The molecule has 206 valence electrons. The molecule has 3 heterocycles. The molecule has 1 aromatic heterocycles. The number of alkyl halides is 3. The third-order valence-corrected chi connectivity index (χ3v) is 7.45. The zero-order chi connectivity index (χ0) is 28.0. The average molecular weight is 556 g/mol. The lowest BCUT2D eigenvalue weighted by atomic mass is 9.81. The van der Waals surface area contributed by atoms with Crippen molar-refractivity contribution in [2.75, 3.05) is 0 Å². The third kappa shape index (κ3) is 4.87. The van der Waals surface area contributed by atoms with Crippen molar-refractivity contribution in [2.45, 2.75) is 50.7 Å². The van der Waals surface area contributed by atoms with Crippen LogP contribution in [0.5, 0.6) is 0 Å². The zero-order valence-electron chi connectivity index (χ0n) is 21.1. The molecule has 0 amide bonds. The number of aromatic nitrogens is 3. The second-order valence-electron chi connectivity index (χ2n) is 10.1. The fourth-order valence-electron chi connectivity index (χ4n) is 5.61. The third-order valence-electron chi connectivity index (χ3n) is 7.45. The molecule has 10 heteroatoms. The molecule has 0 saturated heterocycles. The van der Waals surface area contributed by atoms with Crippen LogP contribution in [0, 0.1) is 17.5 Å². The molecule has 1 saturated carbocycles. The minimum Gasteiger partial charge on any atom is -0.359 e. The van der Waals surface area contributed by atoms with Crippen LogP contribution in [0.1, 0.15) is 54.9 Å². The first-order valence-corrected chi connectivity index (χ1v) is 13.0. The maximum absolute atomic E-state index is 14.9. The van der Waals surface area contributed by atoms with Crippen molar-refractivity contribution in [1.29, 1.82) is 0 Å². The normalized spacial score (nSPS) is 14.8. The molecule has 4 nitrogen and oxygen atoms in total. The van der Waals surface area contributed by atoms with Crippen molar-refractivity contribution in [1.82, 2.24) is 14.7 Å². The minimum atomic E-state index is -4.77. The number of benzene rings is 2. The molecule has 1 fully saturated rings. The first-order chi connectivity index (χ1) is 19.2. The Morgan fingerprint density at radius 2 is 1.68 bits per heavy atom. The van der Waals surface area contributed by atoms with Crippen LogP contribution in [0.15, 0.2) is 65.4 Å². The molecule has 40 heavy (non-hydrogen) atoms. The Bertz CT molecular complexity index is 1650. The molecule has 3 aromatic rings. The van der Waals surface area contributed by atoms with Gasteiger partial charge in [0.15, 0.2) is 17.4 Å². The summed E-state index contributed by atoms with van der Waals surface area (Å²) in [7, 11) is 0. The van der Waals surface area contributed by atoms with E-state index in [0.29, 0.717) is 17.5 Å². The van der Waals surface area contributed by atoms with Gasteiger partial charge in [-0.1, -0.05) is 30.5 Å². The predicted molar refractivity (Wildman–Crippen MR) is 136 cm³/mol. The molecular formula is C30H23F6N3O. The van der Waals surface area contributed by atoms with Gasteiger partial charge < -0.3 is 9.09 Å². The smallest absolute Gasteiger partial charge is 0.359 e. The van der Waals surface area contributed by atoms with Crippen LogP contribution < -0.4 is 0 Å². The van der Waals surface area contributed by atoms with E-state index in [1.165, 1.54) is 18.2 Å². The molecule has 6 rings (SSSR count). The summed E-state index contributed by atoms with van der Waals surface area (Å²) in [6.45, 7) is 0.126. The number of fused-ring (bicyclic) bond motifs is 1. The van der Waals surface area contributed by atoms with Gasteiger partial charge in [-0.25, -0.2) is 18.2 Å². The van der Waals surface area contributed by atoms with Gasteiger partial charge in [0.1, 0.15) is 11.5 Å². The zero-order valence-corrected chi connectivity index (χ0v) is 21.1. The molecule has 2 aromatic carbocycles. The van der Waals surface area contributed by atoms with Crippen molar-refractivity contribution in [3.63, 3.8) is 0 Å². The van der Waals surface area contributed by atoms with Gasteiger partial charge in [0.2, 0.25) is 0 Å². The molecule has 1 aliphatic carbocycles. The molecule has 0 unspecified atom stereocenters. The largest absolute Gasteiger partial charge is 0.417 e. The summed E-state index contributed by atoms with van der Waals surface area (Å²) >= 11 is 0. The minimum absolute atomic E-state index is 0.0705. The van der Waals surface area contributed by atoms with Crippen LogP contribution in [0.4, 0.5) is 26.3 Å². The number of rotatable bonds is 5. The number of nitrogens with zero attached hydrogens (tertiary/aromatic N) is 3. The lowest BCUT2D eigenvalue weighted by Gasteiger charge is -2.23. The van der Waals surface area contributed by atoms with Gasteiger partial charge in [-0.2, -0.15) is 13.2 Å². The molecule has 0 radical (unpaired) electrons. The van der Waals surface area contributed by atoms with E-state index in [2.05, 4.69) is 5.16 Å². The number of hydrogen-bond acceptors (Lipinski definition) is 3. The van der Waals surface area contributed by atoms with Crippen LogP contribution >= 0.6 is 0 Å². The summed E-state index contributed by atoms with van der Waals surface area (Å²) in [5, 5.41) is 3.78.